The predicted molar refractivity (Wildman–Crippen MR) is 222 cm³/mol. The Hall–Kier alpha value is -1.25. The molecular weight excluding hydrogens is 701 g/mol. The lowest BCUT2D eigenvalue weighted by atomic mass is 10.0. The van der Waals surface area contributed by atoms with E-state index in [1.165, 1.54) is 141 Å². The van der Waals surface area contributed by atoms with Crippen LogP contribution in [0, 0.1) is 0 Å². The van der Waals surface area contributed by atoms with Crippen LogP contribution in [0.4, 0.5) is 0 Å². The van der Waals surface area contributed by atoms with Gasteiger partial charge >= 0.3 is 11.9 Å². The molecule has 0 aliphatic carbocycles. The van der Waals surface area contributed by atoms with Crippen LogP contribution in [0.25, 0.3) is 0 Å². The zero-order valence-electron chi connectivity index (χ0n) is 35.8. The number of hydrogen-bond donors (Lipinski definition) is 0. The van der Waals surface area contributed by atoms with E-state index in [1.807, 2.05) is 27.2 Å². The molecular formula is C44H86NO8P. The maximum absolute atomic E-state index is 12.7. The number of phosphoric acid groups is 1. The van der Waals surface area contributed by atoms with Gasteiger partial charge in [-0.1, -0.05) is 174 Å². The molecule has 2 atom stereocenters. The molecule has 0 spiro atoms. The number of likely N-dealkylation sites (N-methyl/N-ethyl adjacent to an activating group) is 1. The van der Waals surface area contributed by atoms with Crippen LogP contribution in [0.15, 0.2) is 12.7 Å². The van der Waals surface area contributed by atoms with Crippen LogP contribution in [0.1, 0.15) is 206 Å². The zero-order chi connectivity index (χ0) is 40.0. The van der Waals surface area contributed by atoms with Crippen LogP contribution < -0.4 is 4.89 Å². The molecule has 320 valence electrons. The fraction of sp³-hybridized carbons (Fsp3) is 0.909. The summed E-state index contributed by atoms with van der Waals surface area (Å²) in [6.07, 6.45) is 36.9. The summed E-state index contributed by atoms with van der Waals surface area (Å²) in [5.41, 5.74) is 0. The van der Waals surface area contributed by atoms with E-state index in [2.05, 4.69) is 13.5 Å². The maximum atomic E-state index is 12.7. The number of hydrogen-bond acceptors (Lipinski definition) is 8. The molecule has 0 aromatic carbocycles. The molecule has 0 aliphatic rings. The average molecular weight is 788 g/mol. The summed E-state index contributed by atoms with van der Waals surface area (Å²) in [4.78, 5) is 37.5. The number of rotatable bonds is 42. The number of esters is 2. The van der Waals surface area contributed by atoms with Crippen LogP contribution in [-0.4, -0.2) is 70.0 Å². The number of unbranched alkanes of at least 4 members (excludes halogenated alkanes) is 27. The summed E-state index contributed by atoms with van der Waals surface area (Å²) in [6.45, 7) is 5.77. The quantitative estimate of drug-likeness (QED) is 0.0198. The Morgan fingerprint density at radius 3 is 1.39 bits per heavy atom. The van der Waals surface area contributed by atoms with Crippen molar-refractivity contribution in [3.8, 4) is 0 Å². The van der Waals surface area contributed by atoms with E-state index in [9.17, 15) is 19.0 Å². The minimum absolute atomic E-state index is 0.0279. The number of quaternary nitrogens is 1. The third kappa shape index (κ3) is 40.4. The standard InChI is InChI=1S/C44H86NO8P/c1-6-8-10-12-14-16-18-20-22-24-26-28-30-32-34-36-43(46)50-40-42(41-52-54(48,49)51-39-38-45(3,4)5)53-44(47)37-35-33-31-29-27-25-23-21-19-17-15-13-11-9-7-2/h6,42H,1,7-41H2,2-5H3/t42-/m1/s1. The minimum atomic E-state index is -4.62. The Kier molecular flexibility index (Phi) is 36.5. The summed E-state index contributed by atoms with van der Waals surface area (Å²) in [7, 11) is 1.17. The Labute approximate surface area is 333 Å². The summed E-state index contributed by atoms with van der Waals surface area (Å²) >= 11 is 0. The van der Waals surface area contributed by atoms with E-state index in [4.69, 9.17) is 18.5 Å². The molecule has 0 N–H and O–H groups in total. The summed E-state index contributed by atoms with van der Waals surface area (Å²) in [5.74, 6) is -0.826. The molecule has 0 heterocycles. The van der Waals surface area contributed by atoms with Crippen LogP contribution in [0.5, 0.6) is 0 Å². The van der Waals surface area contributed by atoms with E-state index in [-0.39, 0.29) is 32.0 Å². The number of nitrogens with zero attached hydrogens (tertiary/aromatic N) is 1. The molecule has 54 heavy (non-hydrogen) atoms. The lowest BCUT2D eigenvalue weighted by Gasteiger charge is -2.28. The van der Waals surface area contributed by atoms with Gasteiger partial charge in [-0.3, -0.25) is 14.2 Å². The Morgan fingerprint density at radius 2 is 0.981 bits per heavy atom. The average Bonchev–Trinajstić information content (AvgIpc) is 3.12. The van der Waals surface area contributed by atoms with E-state index in [0.717, 1.165) is 38.5 Å². The van der Waals surface area contributed by atoms with Crippen LogP contribution >= 0.6 is 7.82 Å². The predicted octanol–water partition coefficient (Wildman–Crippen LogP) is 11.9. The molecule has 0 saturated carbocycles. The maximum Gasteiger partial charge on any atom is 0.306 e. The normalized spacial score (nSPS) is 13.4. The van der Waals surface area contributed by atoms with E-state index in [1.54, 1.807) is 0 Å². The van der Waals surface area contributed by atoms with Crippen LogP contribution in [0.3, 0.4) is 0 Å². The summed E-state index contributed by atoms with van der Waals surface area (Å²) in [5, 5.41) is 0. The summed E-state index contributed by atoms with van der Waals surface area (Å²) < 4.78 is 33.9. The third-order valence-corrected chi connectivity index (χ3v) is 10.9. The second-order valence-corrected chi connectivity index (χ2v) is 17.9. The van der Waals surface area contributed by atoms with Crippen molar-refractivity contribution in [1.29, 1.82) is 0 Å². The molecule has 0 aromatic rings. The monoisotopic (exact) mass is 788 g/mol. The van der Waals surface area contributed by atoms with Gasteiger partial charge in [0, 0.05) is 12.8 Å². The zero-order valence-corrected chi connectivity index (χ0v) is 36.7. The minimum Gasteiger partial charge on any atom is -0.756 e. The first-order valence-electron chi connectivity index (χ1n) is 22.4. The van der Waals surface area contributed by atoms with Gasteiger partial charge in [0.25, 0.3) is 7.82 Å². The van der Waals surface area contributed by atoms with Gasteiger partial charge in [-0.15, -0.1) is 6.58 Å². The van der Waals surface area contributed by atoms with Gasteiger partial charge in [-0.2, -0.15) is 0 Å². The van der Waals surface area contributed by atoms with Gasteiger partial charge in [0.2, 0.25) is 0 Å². The fourth-order valence-electron chi connectivity index (χ4n) is 6.40. The molecule has 0 radical (unpaired) electrons. The van der Waals surface area contributed by atoms with Crippen molar-refractivity contribution in [1.82, 2.24) is 0 Å². The van der Waals surface area contributed by atoms with Gasteiger partial charge in [0.05, 0.1) is 27.7 Å². The van der Waals surface area contributed by atoms with Crippen molar-refractivity contribution in [2.24, 2.45) is 0 Å². The first kappa shape index (κ1) is 52.8. The van der Waals surface area contributed by atoms with Crippen molar-refractivity contribution in [2.45, 2.75) is 212 Å². The third-order valence-electron chi connectivity index (χ3n) is 9.93. The van der Waals surface area contributed by atoms with Crippen molar-refractivity contribution < 1.29 is 42.1 Å². The molecule has 0 saturated heterocycles. The Balaban J connectivity index is 4.30. The van der Waals surface area contributed by atoms with Gasteiger partial charge in [0.15, 0.2) is 6.10 Å². The Morgan fingerprint density at radius 1 is 0.593 bits per heavy atom. The highest BCUT2D eigenvalue weighted by Gasteiger charge is 2.21. The second kappa shape index (κ2) is 37.3. The number of phosphoric ester groups is 1. The number of allylic oxidation sites excluding steroid dienone is 1. The summed E-state index contributed by atoms with van der Waals surface area (Å²) in [6, 6.07) is 0. The molecule has 1 unspecified atom stereocenters. The molecule has 0 aromatic heterocycles. The van der Waals surface area contributed by atoms with Crippen LogP contribution in [-0.2, 0) is 32.7 Å². The topological polar surface area (TPSA) is 111 Å². The fourth-order valence-corrected chi connectivity index (χ4v) is 7.13. The van der Waals surface area contributed by atoms with E-state index >= 15 is 0 Å². The Bertz CT molecular complexity index is 925. The highest BCUT2D eigenvalue weighted by molar-refractivity contribution is 7.45. The lowest BCUT2D eigenvalue weighted by Crippen LogP contribution is -2.37. The lowest BCUT2D eigenvalue weighted by molar-refractivity contribution is -0.870. The first-order chi connectivity index (χ1) is 26.0. The van der Waals surface area contributed by atoms with Crippen LogP contribution in [0.2, 0.25) is 0 Å². The van der Waals surface area contributed by atoms with Crippen molar-refractivity contribution in [3.63, 3.8) is 0 Å². The van der Waals surface area contributed by atoms with Gasteiger partial charge in [0.1, 0.15) is 19.8 Å². The number of ether oxygens (including phenoxy) is 2. The molecule has 0 aliphatic heterocycles. The van der Waals surface area contributed by atoms with Gasteiger partial charge in [-0.25, -0.2) is 0 Å². The molecule has 9 nitrogen and oxygen atoms in total. The SMILES string of the molecule is C=CCCCCCCCCCCCCCCCC(=O)OC[C@H](COP(=O)([O-])OCC[N+](C)(C)C)OC(=O)CCCCCCCCCCCCCCCCC. The molecule has 0 bridgehead atoms. The molecule has 0 fully saturated rings. The molecule has 0 rings (SSSR count). The molecule has 0 amide bonds. The van der Waals surface area contributed by atoms with Crippen molar-refractivity contribution in [2.75, 3.05) is 47.5 Å². The second-order valence-electron chi connectivity index (χ2n) is 16.5. The molecule has 10 heteroatoms. The van der Waals surface area contributed by atoms with Gasteiger partial charge < -0.3 is 27.9 Å². The highest BCUT2D eigenvalue weighted by atomic mass is 31.2. The van der Waals surface area contributed by atoms with E-state index < -0.39 is 26.5 Å². The smallest absolute Gasteiger partial charge is 0.306 e. The number of carbonyl (C=O) groups is 2. The van der Waals surface area contributed by atoms with Gasteiger partial charge in [-0.05, 0) is 25.7 Å². The van der Waals surface area contributed by atoms with Crippen molar-refractivity contribution >= 4 is 19.8 Å². The van der Waals surface area contributed by atoms with Crippen molar-refractivity contribution in [3.05, 3.63) is 12.7 Å². The first-order valence-corrected chi connectivity index (χ1v) is 23.8. The number of carbonyl (C=O) groups excluding carboxylic acids is 2. The van der Waals surface area contributed by atoms with E-state index in [0.29, 0.717) is 17.4 Å². The highest BCUT2D eigenvalue weighted by Crippen LogP contribution is 2.38. The largest absolute Gasteiger partial charge is 0.756 e.